The van der Waals surface area contributed by atoms with E-state index in [2.05, 4.69) is 9.46 Å². The van der Waals surface area contributed by atoms with Gasteiger partial charge >= 0.3 is 5.97 Å². The van der Waals surface area contributed by atoms with E-state index in [9.17, 15) is 13.2 Å². The van der Waals surface area contributed by atoms with Crippen LogP contribution in [0.25, 0.3) is 6.08 Å². The molecule has 0 atom stereocenters. The molecule has 35 heavy (non-hydrogen) atoms. The van der Waals surface area contributed by atoms with E-state index in [1.165, 1.54) is 39.5 Å². The van der Waals surface area contributed by atoms with Crippen molar-refractivity contribution in [2.45, 2.75) is 11.3 Å². The van der Waals surface area contributed by atoms with Gasteiger partial charge in [-0.3, -0.25) is 4.72 Å². The van der Waals surface area contributed by atoms with Crippen LogP contribution in [0.4, 0.5) is 5.69 Å². The fraction of sp³-hybridized carbons (Fsp3) is 0.192. The second kappa shape index (κ2) is 11.4. The number of esters is 1. The molecule has 0 aliphatic carbocycles. The summed E-state index contributed by atoms with van der Waals surface area (Å²) >= 11 is 0. The molecule has 0 amide bonds. The maximum Gasteiger partial charge on any atom is 0.330 e. The molecule has 0 aliphatic heterocycles. The van der Waals surface area contributed by atoms with Gasteiger partial charge in [0.15, 0.2) is 11.5 Å². The zero-order chi connectivity index (χ0) is 25.4. The maximum atomic E-state index is 13.4. The predicted molar refractivity (Wildman–Crippen MR) is 134 cm³/mol. The van der Waals surface area contributed by atoms with Crippen molar-refractivity contribution in [1.82, 2.24) is 0 Å². The van der Waals surface area contributed by atoms with E-state index in [1.54, 1.807) is 31.4 Å². The van der Waals surface area contributed by atoms with Gasteiger partial charge in [-0.05, 0) is 47.5 Å². The van der Waals surface area contributed by atoms with Crippen molar-refractivity contribution in [3.05, 3.63) is 83.4 Å². The highest BCUT2D eigenvalue weighted by Crippen LogP contribution is 2.37. The van der Waals surface area contributed by atoms with Gasteiger partial charge in [-0.25, -0.2) is 13.2 Å². The van der Waals surface area contributed by atoms with Crippen LogP contribution in [-0.4, -0.2) is 42.8 Å². The van der Waals surface area contributed by atoms with Gasteiger partial charge in [0, 0.05) is 23.7 Å². The number of benzene rings is 3. The highest BCUT2D eigenvalue weighted by molar-refractivity contribution is 7.92. The van der Waals surface area contributed by atoms with Gasteiger partial charge in [0.1, 0.15) is 10.6 Å². The molecule has 8 nitrogen and oxygen atoms in total. The lowest BCUT2D eigenvalue weighted by atomic mass is 10.0. The van der Waals surface area contributed by atoms with Gasteiger partial charge in [-0.1, -0.05) is 30.3 Å². The van der Waals surface area contributed by atoms with Gasteiger partial charge in [0.05, 0.1) is 28.4 Å². The zero-order valence-corrected chi connectivity index (χ0v) is 20.7. The number of anilines is 1. The van der Waals surface area contributed by atoms with E-state index in [4.69, 9.17) is 14.2 Å². The monoisotopic (exact) mass is 497 g/mol. The highest BCUT2D eigenvalue weighted by Gasteiger charge is 2.24. The smallest absolute Gasteiger partial charge is 0.330 e. The Kier molecular flexibility index (Phi) is 8.38. The molecule has 0 unspecified atom stereocenters. The average molecular weight is 498 g/mol. The zero-order valence-electron chi connectivity index (χ0n) is 19.9. The van der Waals surface area contributed by atoms with Crippen LogP contribution < -0.4 is 18.9 Å². The third kappa shape index (κ3) is 6.33. The van der Waals surface area contributed by atoms with Crippen LogP contribution in [0.15, 0.2) is 71.6 Å². The first-order valence-corrected chi connectivity index (χ1v) is 12.0. The molecular weight excluding hydrogens is 470 g/mol. The number of nitrogens with one attached hydrogen (secondary N) is 1. The standard InChI is InChI=1S/C26H27NO7S/c1-31-22-12-11-21(17-20(22)14-18-8-6-5-7-9-18)27-35(29,30)24-16-19(10-13-25(28)33-3)15-23(32-2)26(24)34-4/h5-13,15-17,27H,14H2,1-4H3/b13-10+. The first kappa shape index (κ1) is 25.6. The summed E-state index contributed by atoms with van der Waals surface area (Å²) in [6, 6.07) is 17.8. The third-order valence-electron chi connectivity index (χ3n) is 5.14. The normalized spacial score (nSPS) is 11.2. The summed E-state index contributed by atoms with van der Waals surface area (Å²) in [5.41, 5.74) is 2.64. The van der Waals surface area contributed by atoms with E-state index in [0.29, 0.717) is 23.4 Å². The van der Waals surface area contributed by atoms with Crippen molar-refractivity contribution in [2.24, 2.45) is 0 Å². The predicted octanol–water partition coefficient (Wildman–Crippen LogP) is 4.29. The number of sulfonamides is 1. The van der Waals surface area contributed by atoms with Crippen LogP contribution in [-0.2, 0) is 26.0 Å². The third-order valence-corrected chi connectivity index (χ3v) is 6.53. The number of rotatable bonds is 10. The van der Waals surface area contributed by atoms with Crippen molar-refractivity contribution in [2.75, 3.05) is 33.2 Å². The largest absolute Gasteiger partial charge is 0.496 e. The lowest BCUT2D eigenvalue weighted by molar-refractivity contribution is -0.134. The van der Waals surface area contributed by atoms with Gasteiger partial charge in [-0.2, -0.15) is 0 Å². The Morgan fingerprint density at radius 2 is 1.60 bits per heavy atom. The van der Waals surface area contributed by atoms with Crippen LogP contribution in [0.1, 0.15) is 16.7 Å². The lowest BCUT2D eigenvalue weighted by Gasteiger charge is -2.16. The molecule has 0 bridgehead atoms. The summed E-state index contributed by atoms with van der Waals surface area (Å²) in [5, 5.41) is 0. The summed E-state index contributed by atoms with van der Waals surface area (Å²) in [4.78, 5) is 11.3. The van der Waals surface area contributed by atoms with Gasteiger partial charge in [0.25, 0.3) is 10.0 Å². The molecular formula is C26H27NO7S. The first-order chi connectivity index (χ1) is 16.8. The van der Waals surface area contributed by atoms with E-state index in [0.717, 1.165) is 11.1 Å². The quantitative estimate of drug-likeness (QED) is 0.329. The molecule has 0 saturated heterocycles. The van der Waals surface area contributed by atoms with E-state index < -0.39 is 16.0 Å². The summed E-state index contributed by atoms with van der Waals surface area (Å²) in [7, 11) is 1.46. The second-order valence-corrected chi connectivity index (χ2v) is 9.06. The molecule has 0 aliphatic rings. The van der Waals surface area contributed by atoms with E-state index in [-0.39, 0.29) is 16.4 Å². The Labute approximate surface area is 205 Å². The number of carbonyl (C=O) groups is 1. The van der Waals surface area contributed by atoms with E-state index in [1.807, 2.05) is 30.3 Å². The maximum absolute atomic E-state index is 13.4. The SMILES string of the molecule is COC(=O)/C=C/c1cc(OC)c(OC)c(S(=O)(=O)Nc2ccc(OC)c(Cc3ccccc3)c2)c1. The summed E-state index contributed by atoms with van der Waals surface area (Å²) < 4.78 is 50.2. The minimum Gasteiger partial charge on any atom is -0.496 e. The van der Waals surface area contributed by atoms with Crippen LogP contribution in [0, 0.1) is 0 Å². The fourth-order valence-corrected chi connectivity index (χ4v) is 4.75. The number of carbonyl (C=O) groups excluding carboxylic acids is 1. The number of ether oxygens (including phenoxy) is 4. The average Bonchev–Trinajstić information content (AvgIpc) is 2.87. The van der Waals surface area contributed by atoms with Crippen LogP contribution in [0.2, 0.25) is 0 Å². The van der Waals surface area contributed by atoms with Crippen LogP contribution in [0.5, 0.6) is 17.2 Å². The van der Waals surface area contributed by atoms with Crippen molar-refractivity contribution < 1.29 is 32.2 Å². The lowest BCUT2D eigenvalue weighted by Crippen LogP contribution is -2.15. The Morgan fingerprint density at radius 1 is 0.886 bits per heavy atom. The Morgan fingerprint density at radius 3 is 2.23 bits per heavy atom. The minimum absolute atomic E-state index is 0.0354. The minimum atomic E-state index is -4.11. The Hall–Kier alpha value is -3.98. The molecule has 3 rings (SSSR count). The number of methoxy groups -OCH3 is 4. The molecule has 3 aromatic rings. The fourth-order valence-electron chi connectivity index (χ4n) is 3.48. The molecule has 0 heterocycles. The van der Waals surface area contributed by atoms with Crippen molar-refractivity contribution in [1.29, 1.82) is 0 Å². The molecule has 0 radical (unpaired) electrons. The Bertz CT molecular complexity index is 1320. The van der Waals surface area contributed by atoms with Crippen molar-refractivity contribution in [3.8, 4) is 17.2 Å². The van der Waals surface area contributed by atoms with Crippen molar-refractivity contribution >= 4 is 27.8 Å². The molecule has 3 aromatic carbocycles. The molecule has 0 saturated carbocycles. The number of hydrogen-bond acceptors (Lipinski definition) is 7. The van der Waals surface area contributed by atoms with Gasteiger partial charge in [-0.15, -0.1) is 0 Å². The Balaban J connectivity index is 2.01. The molecule has 9 heteroatoms. The van der Waals surface area contributed by atoms with Gasteiger partial charge in [0.2, 0.25) is 0 Å². The topological polar surface area (TPSA) is 100 Å². The van der Waals surface area contributed by atoms with E-state index >= 15 is 0 Å². The van der Waals surface area contributed by atoms with Gasteiger partial charge < -0.3 is 18.9 Å². The molecule has 0 spiro atoms. The molecule has 184 valence electrons. The van der Waals surface area contributed by atoms with Crippen molar-refractivity contribution in [3.63, 3.8) is 0 Å². The molecule has 0 aromatic heterocycles. The summed E-state index contributed by atoms with van der Waals surface area (Å²) in [6.45, 7) is 0. The highest BCUT2D eigenvalue weighted by atomic mass is 32.2. The van der Waals surface area contributed by atoms with Crippen LogP contribution >= 0.6 is 0 Å². The molecule has 1 N–H and O–H groups in total. The summed E-state index contributed by atoms with van der Waals surface area (Å²) in [5.74, 6) is 0.296. The second-order valence-electron chi connectivity index (χ2n) is 7.41. The first-order valence-electron chi connectivity index (χ1n) is 10.6. The summed E-state index contributed by atoms with van der Waals surface area (Å²) in [6.07, 6.45) is 3.17. The molecule has 0 fully saturated rings. The number of hydrogen-bond donors (Lipinski definition) is 1. The van der Waals surface area contributed by atoms with Crippen LogP contribution in [0.3, 0.4) is 0 Å².